The summed E-state index contributed by atoms with van der Waals surface area (Å²) in [6.07, 6.45) is 1.79. The number of benzene rings is 1. The second-order valence-electron chi connectivity index (χ2n) is 6.18. The van der Waals surface area contributed by atoms with Crippen molar-refractivity contribution in [1.29, 1.82) is 0 Å². The van der Waals surface area contributed by atoms with Crippen molar-refractivity contribution in [3.63, 3.8) is 0 Å². The molecule has 1 fully saturated rings. The molecule has 140 valence electrons. The van der Waals surface area contributed by atoms with E-state index < -0.39 is 11.7 Å². The molecule has 1 saturated carbocycles. The van der Waals surface area contributed by atoms with Crippen LogP contribution in [0.5, 0.6) is 0 Å². The molecule has 2 rings (SSSR count). The standard InChI is InChI=1S/C18H26F3N3O/c1-22-17(23-10-5-11-25-16-8-2-3-9-16)24-13-14-6-4-7-15(12-14)18(19,20)21/h4,6-7,12,16H,2-3,5,8-11,13H2,1H3,(H2,22,23,24). The Hall–Kier alpha value is -1.76. The van der Waals surface area contributed by atoms with Crippen molar-refractivity contribution in [3.05, 3.63) is 35.4 Å². The number of hydrogen-bond donors (Lipinski definition) is 2. The number of halogens is 3. The SMILES string of the molecule is CN=C(NCCCOC1CCCC1)NCc1cccc(C(F)(F)F)c1. The topological polar surface area (TPSA) is 45.7 Å². The highest BCUT2D eigenvalue weighted by Crippen LogP contribution is 2.29. The minimum absolute atomic E-state index is 0.280. The minimum atomic E-state index is -4.32. The normalized spacial score (nSPS) is 16.2. The molecule has 0 atom stereocenters. The summed E-state index contributed by atoms with van der Waals surface area (Å²) in [7, 11) is 1.64. The van der Waals surface area contributed by atoms with Gasteiger partial charge in [-0.15, -0.1) is 0 Å². The van der Waals surface area contributed by atoms with Gasteiger partial charge in [0.1, 0.15) is 0 Å². The Morgan fingerprint density at radius 3 is 2.68 bits per heavy atom. The molecule has 1 aromatic carbocycles. The smallest absolute Gasteiger partial charge is 0.378 e. The van der Waals surface area contributed by atoms with Crippen molar-refractivity contribution in [3.8, 4) is 0 Å². The molecule has 0 aromatic heterocycles. The van der Waals surface area contributed by atoms with Gasteiger partial charge >= 0.3 is 6.18 Å². The van der Waals surface area contributed by atoms with Gasteiger partial charge < -0.3 is 15.4 Å². The molecule has 0 unspecified atom stereocenters. The molecule has 1 aliphatic rings. The fraction of sp³-hybridized carbons (Fsp3) is 0.611. The highest BCUT2D eigenvalue weighted by atomic mass is 19.4. The number of ether oxygens (including phenoxy) is 1. The van der Waals surface area contributed by atoms with Crippen molar-refractivity contribution in [2.45, 2.75) is 50.9 Å². The van der Waals surface area contributed by atoms with Crippen LogP contribution in [0.4, 0.5) is 13.2 Å². The van der Waals surface area contributed by atoms with Crippen LogP contribution in [0.25, 0.3) is 0 Å². The molecule has 0 bridgehead atoms. The average molecular weight is 357 g/mol. The number of hydrogen-bond acceptors (Lipinski definition) is 2. The van der Waals surface area contributed by atoms with Crippen molar-refractivity contribution in [2.24, 2.45) is 4.99 Å². The number of rotatable bonds is 7. The van der Waals surface area contributed by atoms with E-state index in [-0.39, 0.29) is 6.54 Å². The van der Waals surface area contributed by atoms with Crippen molar-refractivity contribution < 1.29 is 17.9 Å². The molecule has 2 N–H and O–H groups in total. The fourth-order valence-electron chi connectivity index (χ4n) is 2.85. The first-order chi connectivity index (χ1) is 12.0. The quantitative estimate of drug-likeness (QED) is 0.444. The van der Waals surface area contributed by atoms with E-state index >= 15 is 0 Å². The van der Waals surface area contributed by atoms with E-state index in [0.717, 1.165) is 31.4 Å². The van der Waals surface area contributed by atoms with Crippen LogP contribution in [0.2, 0.25) is 0 Å². The summed E-state index contributed by atoms with van der Waals surface area (Å²) >= 11 is 0. The second kappa shape index (κ2) is 9.65. The van der Waals surface area contributed by atoms with Gasteiger partial charge in [-0.2, -0.15) is 13.2 Å². The molecule has 1 aliphatic carbocycles. The lowest BCUT2D eigenvalue weighted by atomic mass is 10.1. The average Bonchev–Trinajstić information content (AvgIpc) is 3.10. The first-order valence-corrected chi connectivity index (χ1v) is 8.71. The van der Waals surface area contributed by atoms with E-state index in [4.69, 9.17) is 4.74 Å². The zero-order chi connectivity index (χ0) is 18.1. The largest absolute Gasteiger partial charge is 0.416 e. The van der Waals surface area contributed by atoms with Crippen LogP contribution in [0, 0.1) is 0 Å². The molecular formula is C18H26F3N3O. The molecule has 0 spiro atoms. The summed E-state index contributed by atoms with van der Waals surface area (Å²) in [4.78, 5) is 4.08. The third kappa shape index (κ3) is 6.94. The Morgan fingerprint density at radius 1 is 1.24 bits per heavy atom. The van der Waals surface area contributed by atoms with E-state index in [2.05, 4.69) is 15.6 Å². The highest BCUT2D eigenvalue weighted by molar-refractivity contribution is 5.79. The molecule has 7 heteroatoms. The van der Waals surface area contributed by atoms with Crippen molar-refractivity contribution in [1.82, 2.24) is 10.6 Å². The second-order valence-corrected chi connectivity index (χ2v) is 6.18. The zero-order valence-electron chi connectivity index (χ0n) is 14.5. The Kier molecular flexibility index (Phi) is 7.55. The summed E-state index contributed by atoms with van der Waals surface area (Å²) in [6, 6.07) is 5.29. The minimum Gasteiger partial charge on any atom is -0.378 e. The highest BCUT2D eigenvalue weighted by Gasteiger charge is 2.30. The van der Waals surface area contributed by atoms with E-state index in [1.165, 1.54) is 18.9 Å². The first-order valence-electron chi connectivity index (χ1n) is 8.71. The molecule has 0 saturated heterocycles. The lowest BCUT2D eigenvalue weighted by Crippen LogP contribution is -2.37. The summed E-state index contributed by atoms with van der Waals surface area (Å²) < 4.78 is 43.9. The number of nitrogens with one attached hydrogen (secondary N) is 2. The fourth-order valence-corrected chi connectivity index (χ4v) is 2.85. The Bertz CT molecular complexity index is 555. The Balaban J connectivity index is 1.67. The maximum Gasteiger partial charge on any atom is 0.416 e. The van der Waals surface area contributed by atoms with Crippen LogP contribution in [0.15, 0.2) is 29.3 Å². The summed E-state index contributed by atoms with van der Waals surface area (Å²) in [5, 5.41) is 6.17. The van der Waals surface area contributed by atoms with Gasteiger partial charge in [0.05, 0.1) is 11.7 Å². The lowest BCUT2D eigenvalue weighted by molar-refractivity contribution is -0.137. The zero-order valence-corrected chi connectivity index (χ0v) is 14.5. The third-order valence-electron chi connectivity index (χ3n) is 4.21. The monoisotopic (exact) mass is 357 g/mol. The van der Waals surface area contributed by atoms with Gasteiger partial charge in [-0.1, -0.05) is 25.0 Å². The van der Waals surface area contributed by atoms with Gasteiger partial charge in [-0.05, 0) is 37.0 Å². The van der Waals surface area contributed by atoms with Gasteiger partial charge in [0.25, 0.3) is 0 Å². The Morgan fingerprint density at radius 2 is 2.00 bits per heavy atom. The number of guanidine groups is 1. The van der Waals surface area contributed by atoms with Gasteiger partial charge in [0, 0.05) is 26.7 Å². The predicted octanol–water partition coefficient (Wildman–Crippen LogP) is 3.72. The summed E-state index contributed by atoms with van der Waals surface area (Å²) in [5.41, 5.74) is -0.0823. The maximum absolute atomic E-state index is 12.7. The third-order valence-corrected chi connectivity index (χ3v) is 4.21. The van der Waals surface area contributed by atoms with Crippen LogP contribution in [0.1, 0.15) is 43.2 Å². The van der Waals surface area contributed by atoms with E-state index in [9.17, 15) is 13.2 Å². The Labute approximate surface area is 146 Å². The van der Waals surface area contributed by atoms with Crippen molar-refractivity contribution in [2.75, 3.05) is 20.2 Å². The van der Waals surface area contributed by atoms with E-state index in [1.54, 1.807) is 13.1 Å². The number of nitrogens with zero attached hydrogens (tertiary/aromatic N) is 1. The lowest BCUT2D eigenvalue weighted by Gasteiger charge is -2.14. The molecule has 1 aromatic rings. The van der Waals surface area contributed by atoms with Crippen LogP contribution in [-0.4, -0.2) is 32.3 Å². The molecular weight excluding hydrogens is 331 g/mol. The van der Waals surface area contributed by atoms with Crippen LogP contribution >= 0.6 is 0 Å². The molecule has 0 aliphatic heterocycles. The van der Waals surface area contributed by atoms with Crippen LogP contribution in [0.3, 0.4) is 0 Å². The molecule has 25 heavy (non-hydrogen) atoms. The number of aliphatic imine (C=N–C) groups is 1. The summed E-state index contributed by atoms with van der Waals surface area (Å²) in [6.45, 7) is 1.69. The van der Waals surface area contributed by atoms with Crippen molar-refractivity contribution >= 4 is 5.96 Å². The van der Waals surface area contributed by atoms with E-state index in [0.29, 0.717) is 30.8 Å². The van der Waals surface area contributed by atoms with Crippen LogP contribution < -0.4 is 10.6 Å². The van der Waals surface area contributed by atoms with Gasteiger partial charge in [-0.25, -0.2) is 0 Å². The van der Waals surface area contributed by atoms with Gasteiger partial charge in [0.15, 0.2) is 5.96 Å². The van der Waals surface area contributed by atoms with Gasteiger partial charge in [0.2, 0.25) is 0 Å². The van der Waals surface area contributed by atoms with Crippen LogP contribution in [-0.2, 0) is 17.5 Å². The molecule has 0 heterocycles. The summed E-state index contributed by atoms with van der Waals surface area (Å²) in [5.74, 6) is 0.568. The van der Waals surface area contributed by atoms with Gasteiger partial charge in [-0.3, -0.25) is 4.99 Å². The predicted molar refractivity (Wildman–Crippen MR) is 92.5 cm³/mol. The number of alkyl halides is 3. The maximum atomic E-state index is 12.7. The first kappa shape index (κ1) is 19.6. The van der Waals surface area contributed by atoms with E-state index in [1.807, 2.05) is 0 Å². The molecule has 4 nitrogen and oxygen atoms in total. The molecule has 0 amide bonds. The molecule has 0 radical (unpaired) electrons.